The van der Waals surface area contributed by atoms with Crippen LogP contribution in [0, 0.1) is 5.92 Å². The van der Waals surface area contributed by atoms with Gasteiger partial charge in [-0.05, 0) is 0 Å². The van der Waals surface area contributed by atoms with Gasteiger partial charge in [0.15, 0.2) is 0 Å². The average molecular weight is 222 g/mol. The van der Waals surface area contributed by atoms with Crippen molar-refractivity contribution in [2.45, 2.75) is 13.3 Å². The Hall–Kier alpha value is -1.98. The van der Waals surface area contributed by atoms with Gasteiger partial charge in [0.05, 0.1) is 0 Å². The highest BCUT2D eigenvalue weighted by Gasteiger charge is 2.38. The van der Waals surface area contributed by atoms with Crippen LogP contribution in [0.4, 0.5) is 0 Å². The molecule has 0 aromatic heterocycles. The highest BCUT2D eigenvalue weighted by Crippen LogP contribution is 2.19. The monoisotopic (exact) mass is 222 g/mol. The van der Waals surface area contributed by atoms with Gasteiger partial charge in [-0.15, -0.1) is 0 Å². The lowest BCUT2D eigenvalue weighted by Gasteiger charge is -2.20. The summed E-state index contributed by atoms with van der Waals surface area (Å²) in [4.78, 5) is 47.3. The Kier molecular flexibility index (Phi) is 2.34. The number of rotatable bonds is 2. The number of amides is 4. The molecule has 0 radical (unpaired) electrons. The quantitative estimate of drug-likeness (QED) is 0.577. The van der Waals surface area contributed by atoms with E-state index in [1.165, 1.54) is 0 Å². The normalized spacial score (nSPS) is 25.2. The van der Waals surface area contributed by atoms with Crippen molar-refractivity contribution < 1.29 is 19.2 Å². The van der Waals surface area contributed by atoms with Crippen LogP contribution in [0.15, 0.2) is 12.2 Å². The third kappa shape index (κ3) is 1.52. The first-order valence-corrected chi connectivity index (χ1v) is 4.88. The number of nitrogens with zero attached hydrogens (tertiary/aromatic N) is 2. The zero-order valence-electron chi connectivity index (χ0n) is 8.67. The van der Waals surface area contributed by atoms with Gasteiger partial charge in [-0.1, -0.05) is 6.92 Å². The van der Waals surface area contributed by atoms with Crippen molar-refractivity contribution in [3.05, 3.63) is 12.2 Å². The maximum Gasteiger partial charge on any atom is 0.255 e. The summed E-state index contributed by atoms with van der Waals surface area (Å²) in [5.41, 5.74) is 0. The number of carbonyl (C=O) groups is 4. The molecule has 6 nitrogen and oxygen atoms in total. The summed E-state index contributed by atoms with van der Waals surface area (Å²) < 4.78 is 0. The fourth-order valence-corrected chi connectivity index (χ4v) is 1.71. The summed E-state index contributed by atoms with van der Waals surface area (Å²) in [6, 6.07) is 0. The maximum absolute atomic E-state index is 11.6. The first-order valence-electron chi connectivity index (χ1n) is 4.88. The highest BCUT2D eigenvalue weighted by atomic mass is 16.2. The SMILES string of the molecule is CC1CC(=O)N(CN2C(=O)C=CC2=O)C1=O. The summed E-state index contributed by atoms with van der Waals surface area (Å²) in [7, 11) is 0. The first-order chi connectivity index (χ1) is 7.50. The molecule has 84 valence electrons. The second kappa shape index (κ2) is 3.55. The number of imide groups is 2. The second-order valence-corrected chi connectivity index (χ2v) is 3.84. The Labute approximate surface area is 91.5 Å². The van der Waals surface area contributed by atoms with Gasteiger partial charge in [0.2, 0.25) is 11.8 Å². The first kappa shape index (κ1) is 10.5. The molecule has 6 heteroatoms. The summed E-state index contributed by atoms with van der Waals surface area (Å²) in [5, 5.41) is 0. The van der Waals surface area contributed by atoms with Crippen molar-refractivity contribution in [2.24, 2.45) is 5.92 Å². The van der Waals surface area contributed by atoms with Crippen LogP contribution in [-0.4, -0.2) is 40.1 Å². The largest absolute Gasteiger partial charge is 0.274 e. The van der Waals surface area contributed by atoms with Crippen molar-refractivity contribution in [3.63, 3.8) is 0 Å². The smallest absolute Gasteiger partial charge is 0.255 e. The van der Waals surface area contributed by atoms with Crippen molar-refractivity contribution in [3.8, 4) is 0 Å². The van der Waals surface area contributed by atoms with Gasteiger partial charge < -0.3 is 0 Å². The van der Waals surface area contributed by atoms with Gasteiger partial charge in [0.25, 0.3) is 11.8 Å². The van der Waals surface area contributed by atoms with Gasteiger partial charge >= 0.3 is 0 Å². The predicted octanol–water partition coefficient (Wildman–Crippen LogP) is -0.736. The van der Waals surface area contributed by atoms with E-state index in [0.717, 1.165) is 22.0 Å². The molecule has 1 saturated heterocycles. The molecule has 0 spiro atoms. The van der Waals surface area contributed by atoms with Crippen LogP contribution >= 0.6 is 0 Å². The summed E-state index contributed by atoms with van der Waals surface area (Å²) in [6.07, 6.45) is 2.38. The van der Waals surface area contributed by atoms with Crippen molar-refractivity contribution >= 4 is 23.6 Å². The maximum atomic E-state index is 11.6. The van der Waals surface area contributed by atoms with E-state index in [1.807, 2.05) is 0 Å². The minimum atomic E-state index is -0.495. The Morgan fingerprint density at radius 2 is 1.69 bits per heavy atom. The van der Waals surface area contributed by atoms with E-state index in [0.29, 0.717) is 0 Å². The average Bonchev–Trinajstić information content (AvgIpc) is 2.65. The zero-order chi connectivity index (χ0) is 11.9. The summed E-state index contributed by atoms with van der Waals surface area (Å²) in [6.45, 7) is 1.37. The third-order valence-electron chi connectivity index (χ3n) is 2.65. The number of hydrogen-bond donors (Lipinski definition) is 0. The Bertz CT molecular complexity index is 409. The Morgan fingerprint density at radius 1 is 1.12 bits per heavy atom. The Morgan fingerprint density at radius 3 is 2.12 bits per heavy atom. The highest BCUT2D eigenvalue weighted by molar-refractivity contribution is 6.13. The van der Waals surface area contributed by atoms with Crippen LogP contribution in [0.2, 0.25) is 0 Å². The molecule has 1 atom stereocenters. The molecule has 16 heavy (non-hydrogen) atoms. The molecule has 0 aromatic rings. The lowest BCUT2D eigenvalue weighted by molar-refractivity contribution is -0.146. The van der Waals surface area contributed by atoms with Crippen LogP contribution in [0.3, 0.4) is 0 Å². The summed E-state index contributed by atoms with van der Waals surface area (Å²) in [5.74, 6) is -2.04. The van der Waals surface area contributed by atoms with Gasteiger partial charge in [-0.3, -0.25) is 29.0 Å². The van der Waals surface area contributed by atoms with Gasteiger partial charge in [-0.25, -0.2) is 0 Å². The van der Waals surface area contributed by atoms with Crippen molar-refractivity contribution in [1.82, 2.24) is 9.80 Å². The zero-order valence-corrected chi connectivity index (χ0v) is 8.67. The van der Waals surface area contributed by atoms with E-state index < -0.39 is 11.8 Å². The van der Waals surface area contributed by atoms with E-state index in [9.17, 15) is 19.2 Å². The lowest BCUT2D eigenvalue weighted by atomic mass is 10.1. The van der Waals surface area contributed by atoms with Gasteiger partial charge in [0, 0.05) is 24.5 Å². The van der Waals surface area contributed by atoms with Crippen LogP contribution in [-0.2, 0) is 19.2 Å². The summed E-state index contributed by atoms with van der Waals surface area (Å²) >= 11 is 0. The van der Waals surface area contributed by atoms with E-state index in [4.69, 9.17) is 0 Å². The topological polar surface area (TPSA) is 74.8 Å². The van der Waals surface area contributed by atoms with Crippen LogP contribution in [0.1, 0.15) is 13.3 Å². The van der Waals surface area contributed by atoms with E-state index in [1.54, 1.807) is 6.92 Å². The molecule has 0 saturated carbocycles. The molecule has 1 fully saturated rings. The number of carbonyl (C=O) groups excluding carboxylic acids is 4. The van der Waals surface area contributed by atoms with Crippen molar-refractivity contribution in [2.75, 3.05) is 6.67 Å². The van der Waals surface area contributed by atoms with Gasteiger partial charge in [-0.2, -0.15) is 0 Å². The van der Waals surface area contributed by atoms with E-state index in [2.05, 4.69) is 0 Å². The molecular formula is C10H10N2O4. The number of hydrogen-bond acceptors (Lipinski definition) is 4. The molecule has 2 aliphatic heterocycles. The molecule has 4 amide bonds. The minimum absolute atomic E-state index is 0.141. The molecule has 1 unspecified atom stereocenters. The van der Waals surface area contributed by atoms with Crippen molar-refractivity contribution in [1.29, 1.82) is 0 Å². The predicted molar refractivity (Wildman–Crippen MR) is 51.5 cm³/mol. The van der Waals surface area contributed by atoms with E-state index >= 15 is 0 Å². The van der Waals surface area contributed by atoms with Gasteiger partial charge in [0.1, 0.15) is 6.67 Å². The third-order valence-corrected chi connectivity index (χ3v) is 2.65. The van der Waals surface area contributed by atoms with Crippen LogP contribution in [0.5, 0.6) is 0 Å². The van der Waals surface area contributed by atoms with E-state index in [-0.39, 0.29) is 30.8 Å². The lowest BCUT2D eigenvalue weighted by Crippen LogP contribution is -2.44. The molecule has 0 bridgehead atoms. The Balaban J connectivity index is 2.11. The molecule has 0 N–H and O–H groups in total. The molecule has 0 aromatic carbocycles. The number of likely N-dealkylation sites (tertiary alicyclic amines) is 1. The molecule has 2 heterocycles. The molecular weight excluding hydrogens is 212 g/mol. The molecule has 0 aliphatic carbocycles. The fourth-order valence-electron chi connectivity index (χ4n) is 1.71. The molecule has 2 aliphatic rings. The molecule has 2 rings (SSSR count). The standard InChI is InChI=1S/C10H10N2O4/c1-6-4-9(15)12(10(6)16)5-11-7(13)2-3-8(11)14/h2-3,6H,4-5H2,1H3. The fraction of sp³-hybridized carbons (Fsp3) is 0.400. The second-order valence-electron chi connectivity index (χ2n) is 3.84. The minimum Gasteiger partial charge on any atom is -0.274 e. The van der Waals surface area contributed by atoms with Crippen LogP contribution < -0.4 is 0 Å². The van der Waals surface area contributed by atoms with Crippen LogP contribution in [0.25, 0.3) is 0 Å².